The maximum atomic E-state index is 11.5. The summed E-state index contributed by atoms with van der Waals surface area (Å²) in [4.78, 5) is 25.2. The molecule has 0 aromatic carbocycles. The first-order valence-corrected chi connectivity index (χ1v) is 14.4. The Bertz CT molecular complexity index is 567. The van der Waals surface area contributed by atoms with Gasteiger partial charge in [-0.15, -0.1) is 0 Å². The summed E-state index contributed by atoms with van der Waals surface area (Å²) in [7, 11) is 0. The molecule has 2 N–H and O–H groups in total. The number of nitrogens with two attached hydrogens (primary N) is 1. The number of carbonyl (C=O) groups excluding carboxylic acids is 2. The van der Waals surface area contributed by atoms with Crippen LogP contribution in [0.4, 0.5) is 0 Å². The van der Waals surface area contributed by atoms with Gasteiger partial charge in [-0.2, -0.15) is 0 Å². The van der Waals surface area contributed by atoms with Crippen molar-refractivity contribution in [1.29, 1.82) is 0 Å². The van der Waals surface area contributed by atoms with Crippen LogP contribution >= 0.6 is 0 Å². The van der Waals surface area contributed by atoms with Gasteiger partial charge in [0.25, 0.3) is 0 Å². The van der Waals surface area contributed by atoms with Gasteiger partial charge in [-0.25, -0.2) is 9.59 Å². The Hall–Kier alpha value is -1.66. The number of esters is 2. The van der Waals surface area contributed by atoms with Gasteiger partial charge in [-0.05, 0) is 58.2 Å². The lowest BCUT2D eigenvalue weighted by Crippen LogP contribution is -2.23. The first-order chi connectivity index (χ1) is 17.3. The van der Waals surface area contributed by atoms with Gasteiger partial charge in [0.05, 0.1) is 6.61 Å². The minimum absolute atomic E-state index is 0.261. The van der Waals surface area contributed by atoms with Gasteiger partial charge in [-0.3, -0.25) is 0 Å². The van der Waals surface area contributed by atoms with E-state index in [1.165, 1.54) is 58.2 Å². The Labute approximate surface area is 223 Å². The Morgan fingerprint density at radius 1 is 0.750 bits per heavy atom. The number of nitrogens with zero attached hydrogens (tertiary/aromatic N) is 1. The average molecular weight is 511 g/mol. The molecule has 6 heteroatoms. The normalized spacial score (nSPS) is 10.7. The summed E-state index contributed by atoms with van der Waals surface area (Å²) in [6.45, 7) is 22.5. The predicted molar refractivity (Wildman–Crippen MR) is 153 cm³/mol. The molecule has 0 bridgehead atoms. The molecule has 0 fully saturated rings. The van der Waals surface area contributed by atoms with Gasteiger partial charge >= 0.3 is 11.9 Å². The molecule has 0 saturated carbocycles. The molecular formula is C30H58N2O4. The number of rotatable bonds is 22. The average Bonchev–Trinajstić information content (AvgIpc) is 2.87. The first kappa shape index (κ1) is 36.5. The molecule has 0 radical (unpaired) electrons. The lowest BCUT2D eigenvalue weighted by atomic mass is 9.91. The number of hydrogen-bond donors (Lipinski definition) is 1. The summed E-state index contributed by atoms with van der Waals surface area (Å²) >= 11 is 0. The van der Waals surface area contributed by atoms with E-state index in [4.69, 9.17) is 15.2 Å². The van der Waals surface area contributed by atoms with Crippen LogP contribution < -0.4 is 5.73 Å². The Balaban J connectivity index is 0. The van der Waals surface area contributed by atoms with Crippen molar-refractivity contribution in [3.8, 4) is 0 Å². The summed E-state index contributed by atoms with van der Waals surface area (Å²) < 4.78 is 10.0. The van der Waals surface area contributed by atoms with Crippen molar-refractivity contribution in [1.82, 2.24) is 4.90 Å². The number of hydrogen-bond acceptors (Lipinski definition) is 6. The van der Waals surface area contributed by atoms with Crippen LogP contribution in [0.15, 0.2) is 24.3 Å². The van der Waals surface area contributed by atoms with E-state index in [-0.39, 0.29) is 24.5 Å². The highest BCUT2D eigenvalue weighted by Crippen LogP contribution is 2.22. The number of carbonyl (C=O) groups is 2. The largest absolute Gasteiger partial charge is 0.462 e. The smallest absolute Gasteiger partial charge is 0.333 e. The van der Waals surface area contributed by atoms with E-state index < -0.39 is 0 Å². The van der Waals surface area contributed by atoms with Gasteiger partial charge in [0.1, 0.15) is 6.61 Å². The van der Waals surface area contributed by atoms with Gasteiger partial charge < -0.3 is 20.1 Å². The van der Waals surface area contributed by atoms with Crippen LogP contribution in [0.2, 0.25) is 0 Å². The van der Waals surface area contributed by atoms with E-state index in [2.05, 4.69) is 45.8 Å². The lowest BCUT2D eigenvalue weighted by molar-refractivity contribution is -0.140. The van der Waals surface area contributed by atoms with Crippen LogP contribution in [-0.2, 0) is 19.1 Å². The molecule has 0 unspecified atom stereocenters. The zero-order valence-corrected chi connectivity index (χ0v) is 24.4. The van der Waals surface area contributed by atoms with Crippen molar-refractivity contribution in [2.75, 3.05) is 39.4 Å². The quantitative estimate of drug-likeness (QED) is 0.0976. The number of ether oxygens (including phenoxy) is 2. The van der Waals surface area contributed by atoms with E-state index in [0.717, 1.165) is 38.5 Å². The second kappa shape index (κ2) is 26.4. The molecule has 212 valence electrons. The molecule has 0 rings (SSSR count). The Morgan fingerprint density at radius 3 is 1.67 bits per heavy atom. The Kier molecular flexibility index (Phi) is 26.8. The maximum Gasteiger partial charge on any atom is 0.333 e. The third-order valence-electron chi connectivity index (χ3n) is 6.22. The third kappa shape index (κ3) is 21.6. The molecule has 0 aromatic heterocycles. The highest BCUT2D eigenvalue weighted by atomic mass is 16.5. The van der Waals surface area contributed by atoms with E-state index in [9.17, 15) is 9.59 Å². The first-order valence-electron chi connectivity index (χ1n) is 14.4. The molecule has 0 aromatic rings. The van der Waals surface area contributed by atoms with Crippen molar-refractivity contribution in [3.05, 3.63) is 24.3 Å². The van der Waals surface area contributed by atoms with E-state index in [1.807, 2.05) is 0 Å². The molecule has 0 aliphatic rings. The summed E-state index contributed by atoms with van der Waals surface area (Å²) in [5.41, 5.74) is 6.35. The lowest BCUT2D eigenvalue weighted by Gasteiger charge is -2.17. The van der Waals surface area contributed by atoms with Crippen molar-refractivity contribution >= 4 is 11.9 Å². The van der Waals surface area contributed by atoms with Crippen molar-refractivity contribution < 1.29 is 19.1 Å². The Morgan fingerprint density at radius 2 is 1.22 bits per heavy atom. The summed E-state index contributed by atoms with van der Waals surface area (Å²) in [5, 5.41) is 0. The second-order valence-corrected chi connectivity index (χ2v) is 9.50. The zero-order chi connectivity index (χ0) is 27.6. The predicted octanol–water partition coefficient (Wildman–Crippen LogP) is 6.83. The van der Waals surface area contributed by atoms with Gasteiger partial charge in [0, 0.05) is 17.7 Å². The molecule has 0 amide bonds. The van der Waals surface area contributed by atoms with Crippen LogP contribution in [0.3, 0.4) is 0 Å². The van der Waals surface area contributed by atoms with E-state index >= 15 is 0 Å². The highest BCUT2D eigenvalue weighted by Gasteiger charge is 2.18. The molecule has 0 spiro atoms. The molecular weight excluding hydrogens is 452 g/mol. The summed E-state index contributed by atoms with van der Waals surface area (Å²) in [5.74, 6) is -0.277. The number of unbranched alkanes of at least 4 members (excludes halogenated alkanes) is 7. The van der Waals surface area contributed by atoms with Crippen LogP contribution in [0, 0.1) is 5.92 Å². The molecule has 0 aliphatic heterocycles. The highest BCUT2D eigenvalue weighted by molar-refractivity contribution is 5.88. The summed E-state index contributed by atoms with van der Waals surface area (Å²) in [6.07, 6.45) is 14.2. The molecule has 6 nitrogen and oxygen atoms in total. The fourth-order valence-corrected chi connectivity index (χ4v) is 3.93. The molecule has 36 heavy (non-hydrogen) atoms. The maximum absolute atomic E-state index is 11.5. The van der Waals surface area contributed by atoms with Crippen LogP contribution in [0.1, 0.15) is 112 Å². The van der Waals surface area contributed by atoms with E-state index in [0.29, 0.717) is 24.3 Å². The molecule has 0 saturated heterocycles. The topological polar surface area (TPSA) is 81.9 Å². The van der Waals surface area contributed by atoms with Crippen molar-refractivity contribution in [2.45, 2.75) is 112 Å². The second-order valence-electron chi connectivity index (χ2n) is 9.50. The zero-order valence-electron chi connectivity index (χ0n) is 24.4. The van der Waals surface area contributed by atoms with Gasteiger partial charge in [-0.1, -0.05) is 92.2 Å². The molecule has 0 aliphatic carbocycles. The van der Waals surface area contributed by atoms with Crippen molar-refractivity contribution in [2.24, 2.45) is 11.7 Å². The SMILES string of the molecule is C=C(C(=O)OCCN)C(CCC)CCC.C=C(C)C(=O)OCCCCCCCCCCN(CC)CC. The fourth-order valence-electron chi connectivity index (χ4n) is 3.93. The summed E-state index contributed by atoms with van der Waals surface area (Å²) in [6, 6.07) is 0. The molecule has 0 heterocycles. The monoisotopic (exact) mass is 510 g/mol. The standard InChI is InChI=1S/C18H35NO2.C12H23NO2/c1-5-19(6-2)15-13-11-9-7-8-10-12-14-16-21-18(20)17(3)4;1-4-6-11(7-5-2)10(3)12(14)15-9-8-13/h3,5-16H2,1-2,4H3;11H,3-9,13H2,1-2H3. The van der Waals surface area contributed by atoms with Crippen LogP contribution in [-0.4, -0.2) is 56.2 Å². The van der Waals surface area contributed by atoms with Gasteiger partial charge in [0.2, 0.25) is 0 Å². The van der Waals surface area contributed by atoms with Crippen molar-refractivity contribution in [3.63, 3.8) is 0 Å². The minimum atomic E-state index is -0.285. The van der Waals surface area contributed by atoms with Gasteiger partial charge in [0.15, 0.2) is 0 Å². The third-order valence-corrected chi connectivity index (χ3v) is 6.22. The minimum Gasteiger partial charge on any atom is -0.462 e. The van der Waals surface area contributed by atoms with E-state index in [1.54, 1.807) is 6.92 Å². The van der Waals surface area contributed by atoms with Crippen LogP contribution in [0.5, 0.6) is 0 Å². The van der Waals surface area contributed by atoms with Crippen LogP contribution in [0.25, 0.3) is 0 Å². The molecule has 0 atom stereocenters. The fraction of sp³-hybridized carbons (Fsp3) is 0.800.